The minimum Gasteiger partial charge on any atom is -0.352 e. The number of rotatable bonds is 5. The normalized spacial score (nSPS) is 16.4. The number of aryl methyl sites for hydroxylation is 1. The molecule has 1 aromatic carbocycles. The van der Waals surface area contributed by atoms with Crippen LogP contribution in [0.3, 0.4) is 0 Å². The topological polar surface area (TPSA) is 50.2 Å². The zero-order valence-electron chi connectivity index (χ0n) is 13.6. The van der Waals surface area contributed by atoms with Crippen molar-refractivity contribution in [2.45, 2.75) is 25.9 Å². The number of piperidine rings is 1. The smallest absolute Gasteiger partial charge is 0.223 e. The summed E-state index contributed by atoms with van der Waals surface area (Å²) in [4.78, 5) is 19.1. The van der Waals surface area contributed by atoms with E-state index in [1.54, 1.807) is 0 Å². The molecule has 1 aliphatic heterocycles. The van der Waals surface area contributed by atoms with Gasteiger partial charge in [-0.1, -0.05) is 30.3 Å². The highest BCUT2D eigenvalue weighted by Gasteiger charge is 2.25. The summed E-state index contributed by atoms with van der Waals surface area (Å²) in [5, 5.41) is 3.06. The fourth-order valence-corrected chi connectivity index (χ4v) is 3.03. The van der Waals surface area contributed by atoms with E-state index in [2.05, 4.69) is 19.8 Å². The van der Waals surface area contributed by atoms with Crippen molar-refractivity contribution in [2.24, 2.45) is 13.0 Å². The van der Waals surface area contributed by atoms with Crippen LogP contribution in [-0.2, 0) is 24.9 Å². The molecule has 23 heavy (non-hydrogen) atoms. The number of hydrogen-bond donors (Lipinski definition) is 1. The number of nitrogens with zero attached hydrogens (tertiary/aromatic N) is 3. The summed E-state index contributed by atoms with van der Waals surface area (Å²) >= 11 is 0. The minimum absolute atomic E-state index is 0.135. The van der Waals surface area contributed by atoms with Gasteiger partial charge in [0.15, 0.2) is 0 Å². The molecule has 3 rings (SSSR count). The Kier molecular flexibility index (Phi) is 5.08. The molecule has 2 heterocycles. The molecule has 0 unspecified atom stereocenters. The second kappa shape index (κ2) is 7.42. The number of aromatic nitrogens is 2. The lowest BCUT2D eigenvalue weighted by Crippen LogP contribution is -2.40. The van der Waals surface area contributed by atoms with Crippen LogP contribution in [0.25, 0.3) is 0 Å². The molecule has 0 aliphatic carbocycles. The van der Waals surface area contributed by atoms with Gasteiger partial charge in [0.1, 0.15) is 5.82 Å². The molecule has 1 aliphatic rings. The predicted molar refractivity (Wildman–Crippen MR) is 89.5 cm³/mol. The van der Waals surface area contributed by atoms with Gasteiger partial charge >= 0.3 is 0 Å². The van der Waals surface area contributed by atoms with Crippen LogP contribution in [0.15, 0.2) is 42.7 Å². The second-order valence-corrected chi connectivity index (χ2v) is 6.21. The number of nitrogens with one attached hydrogen (secondary N) is 1. The molecule has 1 N–H and O–H groups in total. The van der Waals surface area contributed by atoms with Crippen molar-refractivity contribution >= 4 is 5.91 Å². The molecule has 5 nitrogen and oxygen atoms in total. The molecule has 1 saturated heterocycles. The molecule has 1 amide bonds. The lowest BCUT2D eigenvalue weighted by Gasteiger charge is -2.30. The number of likely N-dealkylation sites (tertiary alicyclic amines) is 1. The third-order valence-electron chi connectivity index (χ3n) is 4.55. The fourth-order valence-electron chi connectivity index (χ4n) is 3.03. The summed E-state index contributed by atoms with van der Waals surface area (Å²) in [5.41, 5.74) is 1.15. The van der Waals surface area contributed by atoms with Gasteiger partial charge in [0.2, 0.25) is 5.91 Å². The predicted octanol–water partition coefficient (Wildman–Crippen LogP) is 1.95. The zero-order chi connectivity index (χ0) is 16.1. The SMILES string of the molecule is Cn1ccnc1CN1CCC(C(=O)NCc2ccccc2)CC1. The van der Waals surface area contributed by atoms with E-state index in [1.807, 2.05) is 49.8 Å². The van der Waals surface area contributed by atoms with Gasteiger partial charge in [-0.2, -0.15) is 0 Å². The summed E-state index contributed by atoms with van der Waals surface area (Å²) in [6.45, 7) is 3.39. The Morgan fingerprint density at radius 3 is 2.65 bits per heavy atom. The van der Waals surface area contributed by atoms with E-state index >= 15 is 0 Å². The third kappa shape index (κ3) is 4.20. The second-order valence-electron chi connectivity index (χ2n) is 6.21. The average Bonchev–Trinajstić information content (AvgIpc) is 2.99. The molecule has 0 atom stereocenters. The Hall–Kier alpha value is -2.14. The van der Waals surface area contributed by atoms with E-state index in [4.69, 9.17) is 0 Å². The first kappa shape index (κ1) is 15.7. The van der Waals surface area contributed by atoms with E-state index in [0.717, 1.165) is 43.9 Å². The van der Waals surface area contributed by atoms with Crippen LogP contribution >= 0.6 is 0 Å². The van der Waals surface area contributed by atoms with E-state index in [0.29, 0.717) is 6.54 Å². The van der Waals surface area contributed by atoms with Crippen molar-refractivity contribution in [1.29, 1.82) is 0 Å². The number of hydrogen-bond acceptors (Lipinski definition) is 3. The molecule has 2 aromatic rings. The number of imidazole rings is 1. The van der Waals surface area contributed by atoms with Crippen LogP contribution in [0.2, 0.25) is 0 Å². The third-order valence-corrected chi connectivity index (χ3v) is 4.55. The van der Waals surface area contributed by atoms with Gasteiger partial charge in [-0.15, -0.1) is 0 Å². The lowest BCUT2D eigenvalue weighted by molar-refractivity contribution is -0.126. The van der Waals surface area contributed by atoms with Crippen LogP contribution in [-0.4, -0.2) is 33.4 Å². The first-order valence-electron chi connectivity index (χ1n) is 8.22. The van der Waals surface area contributed by atoms with Crippen LogP contribution in [0, 0.1) is 5.92 Å². The van der Waals surface area contributed by atoms with Gasteiger partial charge in [-0.3, -0.25) is 9.69 Å². The van der Waals surface area contributed by atoms with E-state index in [9.17, 15) is 4.79 Å². The van der Waals surface area contributed by atoms with Crippen LogP contribution in [0.1, 0.15) is 24.2 Å². The monoisotopic (exact) mass is 312 g/mol. The molecule has 0 bridgehead atoms. The highest BCUT2D eigenvalue weighted by atomic mass is 16.1. The molecular weight excluding hydrogens is 288 g/mol. The lowest BCUT2D eigenvalue weighted by atomic mass is 9.96. The zero-order valence-corrected chi connectivity index (χ0v) is 13.6. The molecule has 0 saturated carbocycles. The Bertz CT molecular complexity index is 629. The standard InChI is InChI=1S/C18H24N4O/c1-21-12-9-19-17(21)14-22-10-7-16(8-11-22)18(23)20-13-15-5-3-2-4-6-15/h2-6,9,12,16H,7-8,10-11,13-14H2,1H3,(H,20,23). The molecule has 122 valence electrons. The Balaban J connectivity index is 1.43. The van der Waals surface area contributed by atoms with Crippen molar-refractivity contribution in [1.82, 2.24) is 19.8 Å². The Labute approximate surface area is 137 Å². The summed E-state index contributed by atoms with van der Waals surface area (Å²) in [5.74, 6) is 1.40. The number of carbonyl (C=O) groups is 1. The molecule has 0 spiro atoms. The van der Waals surface area contributed by atoms with Crippen molar-refractivity contribution in [3.05, 3.63) is 54.1 Å². The van der Waals surface area contributed by atoms with Crippen molar-refractivity contribution in [3.63, 3.8) is 0 Å². The maximum Gasteiger partial charge on any atom is 0.223 e. The highest BCUT2D eigenvalue weighted by Crippen LogP contribution is 2.19. The summed E-state index contributed by atoms with van der Waals surface area (Å²) < 4.78 is 2.05. The van der Waals surface area contributed by atoms with Crippen molar-refractivity contribution in [3.8, 4) is 0 Å². The summed E-state index contributed by atoms with van der Waals surface area (Å²) in [7, 11) is 2.02. The highest BCUT2D eigenvalue weighted by molar-refractivity contribution is 5.78. The van der Waals surface area contributed by atoms with Crippen LogP contribution in [0.5, 0.6) is 0 Å². The summed E-state index contributed by atoms with van der Waals surface area (Å²) in [6.07, 6.45) is 5.65. The van der Waals surface area contributed by atoms with Gasteiger partial charge in [-0.05, 0) is 31.5 Å². The minimum atomic E-state index is 0.135. The first-order chi connectivity index (χ1) is 11.2. The van der Waals surface area contributed by atoms with E-state index < -0.39 is 0 Å². The largest absolute Gasteiger partial charge is 0.352 e. The van der Waals surface area contributed by atoms with Crippen LogP contribution in [0.4, 0.5) is 0 Å². The van der Waals surface area contributed by atoms with Gasteiger partial charge in [0.05, 0.1) is 6.54 Å². The van der Waals surface area contributed by atoms with Gasteiger partial charge in [0, 0.05) is 31.9 Å². The number of benzene rings is 1. The Morgan fingerprint density at radius 1 is 1.26 bits per heavy atom. The van der Waals surface area contributed by atoms with Gasteiger partial charge in [0.25, 0.3) is 0 Å². The van der Waals surface area contributed by atoms with Crippen LogP contribution < -0.4 is 5.32 Å². The molecule has 5 heteroatoms. The summed E-state index contributed by atoms with van der Waals surface area (Å²) in [6, 6.07) is 10.1. The quantitative estimate of drug-likeness (QED) is 0.918. The van der Waals surface area contributed by atoms with Crippen molar-refractivity contribution in [2.75, 3.05) is 13.1 Å². The molecule has 0 radical (unpaired) electrons. The van der Waals surface area contributed by atoms with E-state index in [1.165, 1.54) is 0 Å². The maximum absolute atomic E-state index is 12.3. The molecular formula is C18H24N4O. The number of carbonyl (C=O) groups excluding carboxylic acids is 1. The molecule has 1 aromatic heterocycles. The fraction of sp³-hybridized carbons (Fsp3) is 0.444. The number of amides is 1. The first-order valence-corrected chi connectivity index (χ1v) is 8.22. The van der Waals surface area contributed by atoms with Gasteiger partial charge < -0.3 is 9.88 Å². The Morgan fingerprint density at radius 2 is 2.00 bits per heavy atom. The maximum atomic E-state index is 12.3. The van der Waals surface area contributed by atoms with Crippen molar-refractivity contribution < 1.29 is 4.79 Å². The average molecular weight is 312 g/mol. The molecule has 1 fully saturated rings. The van der Waals surface area contributed by atoms with E-state index in [-0.39, 0.29) is 11.8 Å². The van der Waals surface area contributed by atoms with Gasteiger partial charge in [-0.25, -0.2) is 4.98 Å².